The van der Waals surface area contributed by atoms with Crippen molar-refractivity contribution in [2.45, 2.75) is 39.8 Å². The Morgan fingerprint density at radius 3 is 2.57 bits per heavy atom. The zero-order chi connectivity index (χ0) is 19.5. The van der Waals surface area contributed by atoms with Crippen molar-refractivity contribution >= 4 is 17.5 Å². The summed E-state index contributed by atoms with van der Waals surface area (Å²) in [5.41, 5.74) is 4.62. The molecule has 0 atom stereocenters. The lowest BCUT2D eigenvalue weighted by Crippen LogP contribution is -2.32. The van der Waals surface area contributed by atoms with E-state index in [4.69, 9.17) is 9.72 Å². The van der Waals surface area contributed by atoms with E-state index < -0.39 is 0 Å². The molecule has 1 aliphatic heterocycles. The number of rotatable bonds is 5. The summed E-state index contributed by atoms with van der Waals surface area (Å²) < 4.78 is 5.92. The van der Waals surface area contributed by atoms with E-state index in [-0.39, 0.29) is 6.10 Å². The predicted molar refractivity (Wildman–Crippen MR) is 113 cm³/mol. The van der Waals surface area contributed by atoms with E-state index in [1.807, 2.05) is 51.1 Å². The fourth-order valence-corrected chi connectivity index (χ4v) is 3.49. The topological polar surface area (TPSA) is 50.3 Å². The van der Waals surface area contributed by atoms with Crippen LogP contribution in [0.3, 0.4) is 0 Å². The number of benzene rings is 2. The third kappa shape index (κ3) is 4.09. The van der Waals surface area contributed by atoms with Crippen LogP contribution in [0.5, 0.6) is 5.75 Å². The van der Waals surface area contributed by atoms with Gasteiger partial charge in [-0.05, 0) is 50.5 Å². The first-order chi connectivity index (χ1) is 13.6. The van der Waals surface area contributed by atoms with Crippen LogP contribution >= 0.6 is 0 Å². The van der Waals surface area contributed by atoms with Crippen molar-refractivity contribution in [2.75, 3.05) is 16.8 Å². The molecule has 28 heavy (non-hydrogen) atoms. The summed E-state index contributed by atoms with van der Waals surface area (Å²) in [6.45, 7) is 7.82. The molecule has 0 amide bonds. The van der Waals surface area contributed by atoms with E-state index in [1.54, 1.807) is 0 Å². The van der Waals surface area contributed by atoms with Gasteiger partial charge >= 0.3 is 0 Å². The highest BCUT2D eigenvalue weighted by atomic mass is 16.5. The molecule has 5 heteroatoms. The Kier molecular flexibility index (Phi) is 5.15. The van der Waals surface area contributed by atoms with Gasteiger partial charge in [0, 0.05) is 24.8 Å². The van der Waals surface area contributed by atoms with Gasteiger partial charge in [0.15, 0.2) is 0 Å². The van der Waals surface area contributed by atoms with Crippen LogP contribution in [0.25, 0.3) is 0 Å². The first-order valence-corrected chi connectivity index (χ1v) is 9.78. The van der Waals surface area contributed by atoms with Gasteiger partial charge in [-0.25, -0.2) is 4.98 Å². The molecule has 0 saturated heterocycles. The molecule has 2 heterocycles. The van der Waals surface area contributed by atoms with Crippen molar-refractivity contribution in [3.63, 3.8) is 0 Å². The van der Waals surface area contributed by atoms with Gasteiger partial charge in [-0.15, -0.1) is 0 Å². The van der Waals surface area contributed by atoms with Crippen molar-refractivity contribution in [2.24, 2.45) is 0 Å². The smallest absolute Gasteiger partial charge is 0.227 e. The second-order valence-electron chi connectivity index (χ2n) is 7.42. The summed E-state index contributed by atoms with van der Waals surface area (Å²) in [6, 6.07) is 18.5. The maximum absolute atomic E-state index is 5.92. The van der Waals surface area contributed by atoms with E-state index in [0.29, 0.717) is 0 Å². The lowest BCUT2D eigenvalue weighted by molar-refractivity contribution is 0.244. The van der Waals surface area contributed by atoms with Crippen molar-refractivity contribution in [1.82, 2.24) is 9.97 Å². The summed E-state index contributed by atoms with van der Waals surface area (Å²) in [4.78, 5) is 11.7. The minimum Gasteiger partial charge on any atom is -0.489 e. The third-order valence-electron chi connectivity index (χ3n) is 4.77. The molecule has 0 saturated carbocycles. The minimum absolute atomic E-state index is 0.110. The van der Waals surface area contributed by atoms with Gasteiger partial charge in [-0.1, -0.05) is 36.4 Å². The van der Waals surface area contributed by atoms with Crippen LogP contribution in [0.15, 0.2) is 54.6 Å². The fourth-order valence-electron chi connectivity index (χ4n) is 3.49. The molecular formula is C23H26N4O. The standard InChI is InChI=1S/C23H26N4O/c1-16(2)28-21-11-7-6-10-20(21)25-22-14-17(3)24-23(26-22)27-13-12-18-8-4-5-9-19(18)15-27/h4-11,14,16H,12-13,15H2,1-3H3,(H,24,25,26). The molecule has 0 spiro atoms. The highest BCUT2D eigenvalue weighted by Gasteiger charge is 2.19. The fraction of sp³-hybridized carbons (Fsp3) is 0.304. The molecule has 0 unspecified atom stereocenters. The number of aromatic nitrogens is 2. The van der Waals surface area contributed by atoms with E-state index in [9.17, 15) is 0 Å². The minimum atomic E-state index is 0.110. The average molecular weight is 374 g/mol. The lowest BCUT2D eigenvalue weighted by atomic mass is 10.0. The number of aryl methyl sites for hydroxylation is 1. The highest BCUT2D eigenvalue weighted by molar-refractivity contribution is 5.65. The zero-order valence-electron chi connectivity index (χ0n) is 16.6. The second-order valence-corrected chi connectivity index (χ2v) is 7.42. The Morgan fingerprint density at radius 1 is 1.00 bits per heavy atom. The number of anilines is 3. The molecular weight excluding hydrogens is 348 g/mol. The molecule has 0 aliphatic carbocycles. The molecule has 0 fully saturated rings. The van der Waals surface area contributed by atoms with Gasteiger partial charge in [0.1, 0.15) is 11.6 Å². The SMILES string of the molecule is Cc1cc(Nc2ccccc2OC(C)C)nc(N2CCc3ccccc3C2)n1. The second kappa shape index (κ2) is 7.89. The van der Waals surface area contributed by atoms with Crippen LogP contribution in [-0.2, 0) is 13.0 Å². The molecule has 0 radical (unpaired) electrons. The van der Waals surface area contributed by atoms with Gasteiger partial charge < -0.3 is 15.0 Å². The Bertz CT molecular complexity index is 970. The Labute approximate surface area is 166 Å². The van der Waals surface area contributed by atoms with Gasteiger partial charge in [0.2, 0.25) is 5.95 Å². The first kappa shape index (κ1) is 18.3. The predicted octanol–water partition coefficient (Wildman–Crippen LogP) is 4.88. The Morgan fingerprint density at radius 2 is 1.75 bits per heavy atom. The molecule has 1 aliphatic rings. The van der Waals surface area contributed by atoms with Crippen LogP contribution in [-0.4, -0.2) is 22.6 Å². The summed E-state index contributed by atoms with van der Waals surface area (Å²) in [7, 11) is 0. The van der Waals surface area contributed by atoms with Gasteiger partial charge in [-0.3, -0.25) is 0 Å². The Hall–Kier alpha value is -3.08. The van der Waals surface area contributed by atoms with Crippen LogP contribution in [0.1, 0.15) is 30.7 Å². The van der Waals surface area contributed by atoms with Crippen molar-refractivity contribution in [3.05, 3.63) is 71.4 Å². The third-order valence-corrected chi connectivity index (χ3v) is 4.77. The molecule has 144 valence electrons. The monoisotopic (exact) mass is 374 g/mol. The number of nitrogens with one attached hydrogen (secondary N) is 1. The average Bonchev–Trinajstić information content (AvgIpc) is 2.68. The largest absolute Gasteiger partial charge is 0.489 e. The van der Waals surface area contributed by atoms with Crippen LogP contribution < -0.4 is 15.0 Å². The Balaban J connectivity index is 1.59. The molecule has 0 bridgehead atoms. The van der Waals surface area contributed by atoms with E-state index >= 15 is 0 Å². The van der Waals surface area contributed by atoms with E-state index in [0.717, 1.165) is 48.4 Å². The van der Waals surface area contributed by atoms with Crippen molar-refractivity contribution in [1.29, 1.82) is 0 Å². The molecule has 2 aromatic carbocycles. The highest BCUT2D eigenvalue weighted by Crippen LogP contribution is 2.29. The number of fused-ring (bicyclic) bond motifs is 1. The quantitative estimate of drug-likeness (QED) is 0.690. The molecule has 4 rings (SSSR count). The van der Waals surface area contributed by atoms with Gasteiger partial charge in [0.25, 0.3) is 0 Å². The van der Waals surface area contributed by atoms with Gasteiger partial charge in [0.05, 0.1) is 11.8 Å². The first-order valence-electron chi connectivity index (χ1n) is 9.78. The molecule has 1 N–H and O–H groups in total. The maximum Gasteiger partial charge on any atom is 0.227 e. The summed E-state index contributed by atoms with van der Waals surface area (Å²) in [5, 5.41) is 3.41. The maximum atomic E-state index is 5.92. The van der Waals surface area contributed by atoms with Crippen LogP contribution in [0, 0.1) is 6.92 Å². The van der Waals surface area contributed by atoms with E-state index in [1.165, 1.54) is 11.1 Å². The molecule has 3 aromatic rings. The number of hydrogen-bond acceptors (Lipinski definition) is 5. The summed E-state index contributed by atoms with van der Waals surface area (Å²) in [5.74, 6) is 2.36. The number of ether oxygens (including phenoxy) is 1. The number of hydrogen-bond donors (Lipinski definition) is 1. The van der Waals surface area contributed by atoms with Crippen molar-refractivity contribution < 1.29 is 4.74 Å². The lowest BCUT2D eigenvalue weighted by Gasteiger charge is -2.29. The summed E-state index contributed by atoms with van der Waals surface area (Å²) >= 11 is 0. The number of para-hydroxylation sites is 2. The summed E-state index contributed by atoms with van der Waals surface area (Å²) in [6.07, 6.45) is 1.13. The van der Waals surface area contributed by atoms with Crippen LogP contribution in [0.4, 0.5) is 17.5 Å². The van der Waals surface area contributed by atoms with Gasteiger partial charge in [-0.2, -0.15) is 4.98 Å². The van der Waals surface area contributed by atoms with Crippen molar-refractivity contribution in [3.8, 4) is 5.75 Å². The normalized spacial score (nSPS) is 13.4. The molecule has 1 aromatic heterocycles. The van der Waals surface area contributed by atoms with E-state index in [2.05, 4.69) is 39.5 Å². The van der Waals surface area contributed by atoms with Crippen LogP contribution in [0.2, 0.25) is 0 Å². The zero-order valence-corrected chi connectivity index (χ0v) is 16.6. The molecule has 5 nitrogen and oxygen atoms in total. The number of nitrogens with zero attached hydrogens (tertiary/aromatic N) is 3.